The Morgan fingerprint density at radius 3 is 2.89 bits per heavy atom. The highest BCUT2D eigenvalue weighted by Crippen LogP contribution is 2.19. The molecule has 0 aliphatic carbocycles. The van der Waals surface area contributed by atoms with Crippen molar-refractivity contribution in [2.24, 2.45) is 5.73 Å². The molecule has 0 saturated carbocycles. The maximum Gasteiger partial charge on any atom is 0.119 e. The second kappa shape index (κ2) is 7.75. The molecule has 0 fully saturated rings. The number of ether oxygens (including phenoxy) is 1. The third-order valence-corrected chi connectivity index (χ3v) is 2.67. The van der Waals surface area contributed by atoms with Crippen LogP contribution in [-0.2, 0) is 0 Å². The molecule has 3 nitrogen and oxygen atoms in total. The topological polar surface area (TPSA) is 47.3 Å². The van der Waals surface area contributed by atoms with E-state index in [1.165, 1.54) is 0 Å². The molecule has 0 spiro atoms. The number of rotatable bonds is 7. The molecule has 0 amide bonds. The van der Waals surface area contributed by atoms with E-state index in [2.05, 4.69) is 18.2 Å². The van der Waals surface area contributed by atoms with Crippen LogP contribution in [0, 0.1) is 12.3 Å². The second-order valence-electron chi connectivity index (χ2n) is 4.26. The van der Waals surface area contributed by atoms with Crippen LogP contribution in [0.5, 0.6) is 5.75 Å². The number of benzene rings is 1. The minimum absolute atomic E-state index is 0.00114. The summed E-state index contributed by atoms with van der Waals surface area (Å²) in [5.41, 5.74) is 6.89. The molecular formula is C15H22N2O. The molecule has 0 aliphatic rings. The maximum atomic E-state index is 5.79. The van der Waals surface area contributed by atoms with E-state index in [1.807, 2.05) is 31.2 Å². The lowest BCUT2D eigenvalue weighted by Gasteiger charge is -2.20. The lowest BCUT2D eigenvalue weighted by Crippen LogP contribution is -2.34. The smallest absolute Gasteiger partial charge is 0.119 e. The van der Waals surface area contributed by atoms with Gasteiger partial charge < -0.3 is 10.5 Å². The van der Waals surface area contributed by atoms with Crippen molar-refractivity contribution in [3.63, 3.8) is 0 Å². The molecule has 2 unspecified atom stereocenters. The summed E-state index contributed by atoms with van der Waals surface area (Å²) >= 11 is 0. The molecule has 0 aliphatic heterocycles. The number of terminal acetylenes is 1. The molecule has 1 rings (SSSR count). The molecule has 98 valence electrons. The Kier molecular flexibility index (Phi) is 6.27. The van der Waals surface area contributed by atoms with Crippen molar-refractivity contribution in [1.82, 2.24) is 5.32 Å². The summed E-state index contributed by atoms with van der Waals surface area (Å²) in [5, 5.41) is 3.30. The van der Waals surface area contributed by atoms with E-state index < -0.39 is 0 Å². The molecule has 0 saturated heterocycles. The normalized spacial score (nSPS) is 13.7. The molecule has 18 heavy (non-hydrogen) atoms. The van der Waals surface area contributed by atoms with Gasteiger partial charge >= 0.3 is 0 Å². The monoisotopic (exact) mass is 246 g/mol. The minimum Gasteiger partial charge on any atom is -0.494 e. The van der Waals surface area contributed by atoms with Crippen molar-refractivity contribution < 1.29 is 4.74 Å². The summed E-state index contributed by atoms with van der Waals surface area (Å²) in [7, 11) is 0. The first-order valence-electron chi connectivity index (χ1n) is 6.36. The Morgan fingerprint density at radius 2 is 2.28 bits per heavy atom. The lowest BCUT2D eigenvalue weighted by molar-refractivity contribution is 0.316. The molecule has 0 bridgehead atoms. The highest BCUT2D eigenvalue weighted by molar-refractivity contribution is 5.31. The third kappa shape index (κ3) is 4.40. The molecular weight excluding hydrogens is 224 g/mol. The van der Waals surface area contributed by atoms with E-state index in [0.29, 0.717) is 6.54 Å². The van der Waals surface area contributed by atoms with Gasteiger partial charge in [0.05, 0.1) is 12.6 Å². The van der Waals surface area contributed by atoms with Crippen LogP contribution in [0.1, 0.15) is 31.9 Å². The number of nitrogens with one attached hydrogen (secondary N) is 1. The highest BCUT2D eigenvalue weighted by atomic mass is 16.5. The molecule has 1 aromatic carbocycles. The number of hydrogen-bond acceptors (Lipinski definition) is 3. The van der Waals surface area contributed by atoms with Crippen LogP contribution in [0.3, 0.4) is 0 Å². The molecule has 3 N–H and O–H groups in total. The highest BCUT2D eigenvalue weighted by Gasteiger charge is 2.12. The quantitative estimate of drug-likeness (QED) is 0.724. The zero-order valence-corrected chi connectivity index (χ0v) is 11.1. The van der Waals surface area contributed by atoms with Gasteiger partial charge in [0.1, 0.15) is 5.75 Å². The van der Waals surface area contributed by atoms with E-state index in [-0.39, 0.29) is 12.1 Å². The summed E-state index contributed by atoms with van der Waals surface area (Å²) in [6, 6.07) is 8.04. The van der Waals surface area contributed by atoms with Gasteiger partial charge in [0, 0.05) is 12.6 Å². The van der Waals surface area contributed by atoms with E-state index in [9.17, 15) is 0 Å². The van der Waals surface area contributed by atoms with Gasteiger partial charge in [-0.05, 0) is 31.0 Å². The summed E-state index contributed by atoms with van der Waals surface area (Å²) in [4.78, 5) is 0. The number of hydrogen-bond donors (Lipinski definition) is 2. The molecule has 0 heterocycles. The van der Waals surface area contributed by atoms with Crippen LogP contribution in [0.2, 0.25) is 0 Å². The van der Waals surface area contributed by atoms with Gasteiger partial charge in [0.15, 0.2) is 0 Å². The Bertz CT molecular complexity index is 398. The van der Waals surface area contributed by atoms with Crippen molar-refractivity contribution in [2.45, 2.75) is 32.4 Å². The standard InChI is InChI=1S/C15H22N2O/c1-4-9-18-14-8-6-7-13(10-14)15(11-16)17-12(3)5-2/h2,6-8,10,12,15,17H,4,9,11,16H2,1,3H3. The first-order chi connectivity index (χ1) is 8.71. The van der Waals surface area contributed by atoms with Crippen molar-refractivity contribution in [3.05, 3.63) is 29.8 Å². The zero-order chi connectivity index (χ0) is 13.4. The summed E-state index contributed by atoms with van der Waals surface area (Å²) in [5.74, 6) is 3.53. The Labute approximate surface area is 110 Å². The summed E-state index contributed by atoms with van der Waals surface area (Å²) < 4.78 is 5.61. The molecule has 1 aromatic rings. The predicted octanol–water partition coefficient (Wildman–Crippen LogP) is 2.09. The largest absolute Gasteiger partial charge is 0.494 e. The van der Waals surface area contributed by atoms with Gasteiger partial charge in [-0.1, -0.05) is 25.0 Å². The van der Waals surface area contributed by atoms with Gasteiger partial charge in [0.25, 0.3) is 0 Å². The summed E-state index contributed by atoms with van der Waals surface area (Å²) in [6.07, 6.45) is 6.37. The fourth-order valence-electron chi connectivity index (χ4n) is 1.69. The van der Waals surface area contributed by atoms with Crippen LogP contribution in [0.4, 0.5) is 0 Å². The molecule has 3 heteroatoms. The van der Waals surface area contributed by atoms with Gasteiger partial charge in [-0.2, -0.15) is 0 Å². The Balaban J connectivity index is 2.76. The van der Waals surface area contributed by atoms with Gasteiger partial charge in [-0.25, -0.2) is 0 Å². The SMILES string of the molecule is C#CC(C)NC(CN)c1cccc(OCCC)c1. The average molecular weight is 246 g/mol. The van der Waals surface area contributed by atoms with Gasteiger partial charge in [0.2, 0.25) is 0 Å². The van der Waals surface area contributed by atoms with E-state index in [1.54, 1.807) is 0 Å². The fourth-order valence-corrected chi connectivity index (χ4v) is 1.69. The maximum absolute atomic E-state index is 5.79. The van der Waals surface area contributed by atoms with Gasteiger partial charge in [-0.15, -0.1) is 6.42 Å². The van der Waals surface area contributed by atoms with E-state index >= 15 is 0 Å². The molecule has 0 aromatic heterocycles. The van der Waals surface area contributed by atoms with Crippen LogP contribution in [0.25, 0.3) is 0 Å². The van der Waals surface area contributed by atoms with Crippen molar-refractivity contribution in [3.8, 4) is 18.1 Å². The molecule has 2 atom stereocenters. The Hall–Kier alpha value is -1.50. The van der Waals surface area contributed by atoms with Crippen molar-refractivity contribution >= 4 is 0 Å². The fraction of sp³-hybridized carbons (Fsp3) is 0.467. The average Bonchev–Trinajstić information content (AvgIpc) is 2.42. The lowest BCUT2D eigenvalue weighted by atomic mass is 10.1. The van der Waals surface area contributed by atoms with Crippen LogP contribution in [0.15, 0.2) is 24.3 Å². The first kappa shape index (κ1) is 14.6. The van der Waals surface area contributed by atoms with E-state index in [0.717, 1.165) is 24.3 Å². The zero-order valence-electron chi connectivity index (χ0n) is 11.1. The second-order valence-corrected chi connectivity index (χ2v) is 4.26. The Morgan fingerprint density at radius 1 is 1.50 bits per heavy atom. The van der Waals surface area contributed by atoms with Crippen LogP contribution >= 0.6 is 0 Å². The van der Waals surface area contributed by atoms with Crippen LogP contribution < -0.4 is 15.8 Å². The van der Waals surface area contributed by atoms with Crippen molar-refractivity contribution in [1.29, 1.82) is 0 Å². The number of nitrogens with two attached hydrogens (primary N) is 1. The molecule has 0 radical (unpaired) electrons. The van der Waals surface area contributed by atoms with Crippen LogP contribution in [-0.4, -0.2) is 19.2 Å². The first-order valence-corrected chi connectivity index (χ1v) is 6.36. The van der Waals surface area contributed by atoms with Gasteiger partial charge in [-0.3, -0.25) is 5.32 Å². The predicted molar refractivity (Wildman–Crippen MR) is 75.5 cm³/mol. The summed E-state index contributed by atoms with van der Waals surface area (Å²) in [6.45, 7) is 5.26. The van der Waals surface area contributed by atoms with Crippen molar-refractivity contribution in [2.75, 3.05) is 13.2 Å². The third-order valence-electron chi connectivity index (χ3n) is 2.67. The van der Waals surface area contributed by atoms with E-state index in [4.69, 9.17) is 16.9 Å². The minimum atomic E-state index is -0.00114.